The number of fused-ring (bicyclic) bond motifs is 1. The SMILES string of the molecule is O=C(NC1CCN2CCCC12)c1cccc(S)c1. The molecule has 2 fully saturated rings. The molecule has 0 radical (unpaired) electrons. The first-order valence-corrected chi connectivity index (χ1v) is 7.03. The Balaban J connectivity index is 1.68. The van der Waals surface area contributed by atoms with Gasteiger partial charge in [0.25, 0.3) is 5.91 Å². The van der Waals surface area contributed by atoms with Crippen LogP contribution in [0.2, 0.25) is 0 Å². The predicted octanol–water partition coefficient (Wildman–Crippen LogP) is 1.94. The van der Waals surface area contributed by atoms with E-state index in [4.69, 9.17) is 0 Å². The molecular weight excluding hydrogens is 244 g/mol. The lowest BCUT2D eigenvalue weighted by Crippen LogP contribution is -2.42. The fourth-order valence-corrected chi connectivity index (χ4v) is 3.37. The minimum atomic E-state index is 0.0321. The Morgan fingerprint density at radius 2 is 2.22 bits per heavy atom. The summed E-state index contributed by atoms with van der Waals surface area (Å²) >= 11 is 4.27. The van der Waals surface area contributed by atoms with Gasteiger partial charge in [-0.25, -0.2) is 0 Å². The third kappa shape index (κ3) is 2.27. The maximum absolute atomic E-state index is 12.2. The molecule has 1 amide bonds. The highest BCUT2D eigenvalue weighted by atomic mass is 32.1. The van der Waals surface area contributed by atoms with Crippen LogP contribution in [0.4, 0.5) is 0 Å². The Bertz CT molecular complexity index is 463. The van der Waals surface area contributed by atoms with Crippen LogP contribution in [-0.4, -0.2) is 36.0 Å². The van der Waals surface area contributed by atoms with Crippen molar-refractivity contribution in [2.75, 3.05) is 13.1 Å². The summed E-state index contributed by atoms with van der Waals surface area (Å²) in [5, 5.41) is 3.18. The number of benzene rings is 1. The number of amides is 1. The van der Waals surface area contributed by atoms with E-state index >= 15 is 0 Å². The van der Waals surface area contributed by atoms with Crippen molar-refractivity contribution in [2.45, 2.75) is 36.2 Å². The van der Waals surface area contributed by atoms with E-state index in [1.165, 1.54) is 19.4 Å². The molecule has 2 aliphatic heterocycles. The minimum absolute atomic E-state index is 0.0321. The Labute approximate surface area is 113 Å². The van der Waals surface area contributed by atoms with E-state index < -0.39 is 0 Å². The van der Waals surface area contributed by atoms with E-state index in [2.05, 4.69) is 22.8 Å². The van der Waals surface area contributed by atoms with Crippen LogP contribution in [-0.2, 0) is 0 Å². The van der Waals surface area contributed by atoms with Crippen LogP contribution in [0.5, 0.6) is 0 Å². The average molecular weight is 262 g/mol. The van der Waals surface area contributed by atoms with Gasteiger partial charge in [-0.1, -0.05) is 6.07 Å². The minimum Gasteiger partial charge on any atom is -0.348 e. The van der Waals surface area contributed by atoms with Gasteiger partial charge in [-0.05, 0) is 44.0 Å². The lowest BCUT2D eigenvalue weighted by atomic mass is 10.1. The third-order valence-electron chi connectivity index (χ3n) is 4.03. The van der Waals surface area contributed by atoms with Gasteiger partial charge >= 0.3 is 0 Å². The van der Waals surface area contributed by atoms with Gasteiger partial charge in [0.15, 0.2) is 0 Å². The molecule has 4 heteroatoms. The van der Waals surface area contributed by atoms with E-state index in [1.807, 2.05) is 24.3 Å². The molecule has 0 bridgehead atoms. The topological polar surface area (TPSA) is 32.3 Å². The zero-order chi connectivity index (χ0) is 12.5. The molecule has 2 saturated heterocycles. The molecule has 0 spiro atoms. The number of nitrogens with zero attached hydrogens (tertiary/aromatic N) is 1. The largest absolute Gasteiger partial charge is 0.348 e. The summed E-state index contributed by atoms with van der Waals surface area (Å²) in [6.45, 7) is 2.32. The summed E-state index contributed by atoms with van der Waals surface area (Å²) in [5.41, 5.74) is 0.707. The molecule has 0 aromatic heterocycles. The van der Waals surface area contributed by atoms with Crippen LogP contribution < -0.4 is 5.32 Å². The predicted molar refractivity (Wildman–Crippen MR) is 74.2 cm³/mol. The van der Waals surface area contributed by atoms with Gasteiger partial charge in [0.1, 0.15) is 0 Å². The summed E-state index contributed by atoms with van der Waals surface area (Å²) in [5.74, 6) is 0.0321. The standard InChI is InChI=1S/C14H18N2OS/c17-14(10-3-1-4-11(18)9-10)15-12-6-8-16-7-2-5-13(12)16/h1,3-4,9,12-13,18H,2,5-8H2,(H,15,17). The van der Waals surface area contributed by atoms with Crippen LogP contribution in [0.3, 0.4) is 0 Å². The van der Waals surface area contributed by atoms with Crippen molar-refractivity contribution in [1.29, 1.82) is 0 Å². The zero-order valence-corrected chi connectivity index (χ0v) is 11.2. The van der Waals surface area contributed by atoms with Crippen molar-refractivity contribution >= 4 is 18.5 Å². The molecular formula is C14H18N2OS. The van der Waals surface area contributed by atoms with Crippen LogP contribution in [0.1, 0.15) is 29.6 Å². The normalized spacial score (nSPS) is 27.2. The maximum Gasteiger partial charge on any atom is 0.251 e. The van der Waals surface area contributed by atoms with Gasteiger partial charge < -0.3 is 5.32 Å². The number of rotatable bonds is 2. The van der Waals surface area contributed by atoms with Crippen molar-refractivity contribution in [3.05, 3.63) is 29.8 Å². The number of nitrogens with one attached hydrogen (secondary N) is 1. The summed E-state index contributed by atoms with van der Waals surface area (Å²) in [6, 6.07) is 8.30. The molecule has 1 N–H and O–H groups in total. The lowest BCUT2D eigenvalue weighted by Gasteiger charge is -2.21. The molecule has 0 saturated carbocycles. The van der Waals surface area contributed by atoms with E-state index in [-0.39, 0.29) is 5.91 Å². The smallest absolute Gasteiger partial charge is 0.251 e. The molecule has 2 atom stereocenters. The molecule has 2 unspecified atom stereocenters. The van der Waals surface area contributed by atoms with E-state index in [0.717, 1.165) is 17.9 Å². The van der Waals surface area contributed by atoms with E-state index in [1.54, 1.807) is 0 Å². The fourth-order valence-electron chi connectivity index (χ4n) is 3.15. The molecule has 1 aromatic carbocycles. The van der Waals surface area contributed by atoms with Crippen molar-refractivity contribution in [2.24, 2.45) is 0 Å². The fraction of sp³-hybridized carbons (Fsp3) is 0.500. The van der Waals surface area contributed by atoms with Gasteiger partial charge in [0, 0.05) is 29.1 Å². The summed E-state index contributed by atoms with van der Waals surface area (Å²) in [6.07, 6.45) is 3.57. The Morgan fingerprint density at radius 3 is 3.06 bits per heavy atom. The van der Waals surface area contributed by atoms with E-state index in [0.29, 0.717) is 17.6 Å². The van der Waals surface area contributed by atoms with Crippen molar-refractivity contribution in [1.82, 2.24) is 10.2 Å². The highest BCUT2D eigenvalue weighted by molar-refractivity contribution is 7.80. The third-order valence-corrected chi connectivity index (χ3v) is 4.31. The van der Waals surface area contributed by atoms with Gasteiger partial charge in [-0.2, -0.15) is 0 Å². The first-order chi connectivity index (χ1) is 8.74. The maximum atomic E-state index is 12.2. The Hall–Kier alpha value is -1.00. The first-order valence-electron chi connectivity index (χ1n) is 6.58. The van der Waals surface area contributed by atoms with Crippen molar-refractivity contribution in [3.8, 4) is 0 Å². The first kappa shape index (κ1) is 12.1. The van der Waals surface area contributed by atoms with Crippen LogP contribution >= 0.6 is 12.6 Å². The van der Waals surface area contributed by atoms with Crippen LogP contribution in [0.15, 0.2) is 29.2 Å². The van der Waals surface area contributed by atoms with Crippen molar-refractivity contribution in [3.63, 3.8) is 0 Å². The molecule has 3 nitrogen and oxygen atoms in total. The molecule has 0 aliphatic carbocycles. The molecule has 18 heavy (non-hydrogen) atoms. The quantitative estimate of drug-likeness (QED) is 0.798. The second-order valence-corrected chi connectivity index (χ2v) is 5.68. The number of carbonyl (C=O) groups excluding carboxylic acids is 1. The molecule has 1 aromatic rings. The highest BCUT2D eigenvalue weighted by Crippen LogP contribution is 2.28. The summed E-state index contributed by atoms with van der Waals surface area (Å²) in [7, 11) is 0. The van der Waals surface area contributed by atoms with Gasteiger partial charge in [-0.3, -0.25) is 9.69 Å². The molecule has 96 valence electrons. The van der Waals surface area contributed by atoms with E-state index in [9.17, 15) is 4.79 Å². The molecule has 3 rings (SSSR count). The van der Waals surface area contributed by atoms with Gasteiger partial charge in [-0.15, -0.1) is 12.6 Å². The second kappa shape index (κ2) is 4.94. The van der Waals surface area contributed by atoms with Crippen LogP contribution in [0.25, 0.3) is 0 Å². The zero-order valence-electron chi connectivity index (χ0n) is 10.3. The van der Waals surface area contributed by atoms with Gasteiger partial charge in [0.2, 0.25) is 0 Å². The number of hydrogen-bond acceptors (Lipinski definition) is 3. The number of thiol groups is 1. The van der Waals surface area contributed by atoms with Gasteiger partial charge in [0.05, 0.1) is 0 Å². The Morgan fingerprint density at radius 1 is 1.33 bits per heavy atom. The lowest BCUT2D eigenvalue weighted by molar-refractivity contribution is 0.0929. The summed E-state index contributed by atoms with van der Waals surface area (Å²) in [4.78, 5) is 15.5. The Kier molecular flexibility index (Phi) is 3.31. The van der Waals surface area contributed by atoms with Crippen molar-refractivity contribution < 1.29 is 4.79 Å². The second-order valence-electron chi connectivity index (χ2n) is 5.16. The molecule has 2 aliphatic rings. The monoisotopic (exact) mass is 262 g/mol. The number of hydrogen-bond donors (Lipinski definition) is 2. The number of carbonyl (C=O) groups is 1. The average Bonchev–Trinajstić information content (AvgIpc) is 2.94. The molecule has 2 heterocycles. The highest BCUT2D eigenvalue weighted by Gasteiger charge is 2.37. The summed E-state index contributed by atoms with van der Waals surface area (Å²) < 4.78 is 0. The van der Waals surface area contributed by atoms with Crippen LogP contribution in [0, 0.1) is 0 Å².